The summed E-state index contributed by atoms with van der Waals surface area (Å²) in [5.41, 5.74) is 5.92. The lowest BCUT2D eigenvalue weighted by molar-refractivity contribution is 1.09. The average molecular weight is 338 g/mol. The molecule has 0 radical (unpaired) electrons. The van der Waals surface area contributed by atoms with Crippen molar-refractivity contribution >= 4 is 38.1 Å². The van der Waals surface area contributed by atoms with Gasteiger partial charge in [0.05, 0.1) is 11.0 Å². The van der Waals surface area contributed by atoms with Crippen molar-refractivity contribution < 1.29 is 0 Å². The number of hydrogen-bond donors (Lipinski definition) is 0. The van der Waals surface area contributed by atoms with Crippen molar-refractivity contribution in [3.63, 3.8) is 0 Å². The Morgan fingerprint density at radius 1 is 0.905 bits per heavy atom. The fourth-order valence-corrected chi connectivity index (χ4v) is 2.80. The summed E-state index contributed by atoms with van der Waals surface area (Å²) in [7, 11) is 0. The smallest absolute Gasteiger partial charge is 0.164 e. The van der Waals surface area contributed by atoms with Crippen LogP contribution in [-0.4, -0.2) is 14.5 Å². The zero-order valence-corrected chi connectivity index (χ0v) is 13.0. The van der Waals surface area contributed by atoms with Crippen LogP contribution in [0.1, 0.15) is 5.56 Å². The highest BCUT2D eigenvalue weighted by molar-refractivity contribution is 9.10. The molecule has 0 spiro atoms. The minimum Gasteiger partial charge on any atom is -0.300 e. The summed E-state index contributed by atoms with van der Waals surface area (Å²) in [6.07, 6.45) is 2.09. The molecular formula is C17H12BrN3. The molecule has 2 aromatic carbocycles. The lowest BCUT2D eigenvalue weighted by atomic mass is 10.3. The van der Waals surface area contributed by atoms with Crippen LogP contribution in [0, 0.1) is 6.92 Å². The molecule has 4 heteroatoms. The van der Waals surface area contributed by atoms with Crippen molar-refractivity contribution in [1.29, 1.82) is 0 Å². The third-order valence-corrected chi connectivity index (χ3v) is 4.11. The predicted molar refractivity (Wildman–Crippen MR) is 88.8 cm³/mol. The largest absolute Gasteiger partial charge is 0.300 e. The molecule has 0 bridgehead atoms. The summed E-state index contributed by atoms with van der Waals surface area (Å²) in [5, 5.41) is 0. The van der Waals surface area contributed by atoms with Crippen LogP contribution in [0.15, 0.2) is 59.2 Å². The predicted octanol–water partition coefficient (Wildman–Crippen LogP) is 4.64. The van der Waals surface area contributed by atoms with Gasteiger partial charge in [-0.3, -0.25) is 4.57 Å². The van der Waals surface area contributed by atoms with Gasteiger partial charge in [0, 0.05) is 16.4 Å². The van der Waals surface area contributed by atoms with Crippen molar-refractivity contribution in [2.75, 3.05) is 0 Å². The van der Waals surface area contributed by atoms with E-state index >= 15 is 0 Å². The van der Waals surface area contributed by atoms with Gasteiger partial charge in [0.15, 0.2) is 5.65 Å². The summed E-state index contributed by atoms with van der Waals surface area (Å²) in [6, 6.07) is 16.2. The highest BCUT2D eigenvalue weighted by Gasteiger charge is 2.11. The van der Waals surface area contributed by atoms with Crippen LogP contribution in [0.4, 0.5) is 0 Å². The van der Waals surface area contributed by atoms with Crippen LogP contribution >= 0.6 is 15.9 Å². The van der Waals surface area contributed by atoms with E-state index in [2.05, 4.69) is 45.8 Å². The van der Waals surface area contributed by atoms with Gasteiger partial charge >= 0.3 is 0 Å². The maximum absolute atomic E-state index is 4.79. The number of fused-ring (bicyclic) bond motifs is 2. The quantitative estimate of drug-likeness (QED) is 0.506. The fourth-order valence-electron chi connectivity index (χ4n) is 2.54. The molecule has 0 aliphatic rings. The molecule has 3 nitrogen and oxygen atoms in total. The van der Waals surface area contributed by atoms with E-state index in [0.717, 1.165) is 37.9 Å². The Balaban J connectivity index is 2.05. The van der Waals surface area contributed by atoms with Gasteiger partial charge in [-0.15, -0.1) is 0 Å². The summed E-state index contributed by atoms with van der Waals surface area (Å²) >= 11 is 3.47. The van der Waals surface area contributed by atoms with Crippen molar-refractivity contribution in [3.05, 3.63) is 64.8 Å². The molecule has 0 saturated heterocycles. The Morgan fingerprint density at radius 3 is 2.29 bits per heavy atom. The number of halogens is 1. The molecule has 4 rings (SSSR count). The van der Waals surface area contributed by atoms with E-state index in [4.69, 9.17) is 9.97 Å². The van der Waals surface area contributed by atoms with Gasteiger partial charge < -0.3 is 0 Å². The zero-order valence-electron chi connectivity index (χ0n) is 11.4. The molecule has 0 aliphatic carbocycles. The topological polar surface area (TPSA) is 30.7 Å². The number of para-hydroxylation sites is 2. The van der Waals surface area contributed by atoms with Gasteiger partial charge in [0.2, 0.25) is 0 Å². The second-order valence-corrected chi connectivity index (χ2v) is 5.96. The van der Waals surface area contributed by atoms with Crippen molar-refractivity contribution in [2.45, 2.75) is 6.92 Å². The van der Waals surface area contributed by atoms with Crippen LogP contribution in [0.25, 0.3) is 27.9 Å². The summed E-state index contributed by atoms with van der Waals surface area (Å²) in [5.74, 6) is 0. The van der Waals surface area contributed by atoms with Crippen molar-refractivity contribution in [2.24, 2.45) is 0 Å². The summed E-state index contributed by atoms with van der Waals surface area (Å²) in [4.78, 5) is 9.53. The second kappa shape index (κ2) is 4.67. The molecule has 0 N–H and O–H groups in total. The van der Waals surface area contributed by atoms with E-state index < -0.39 is 0 Å². The van der Waals surface area contributed by atoms with Crippen molar-refractivity contribution in [1.82, 2.24) is 14.5 Å². The summed E-state index contributed by atoms with van der Waals surface area (Å²) in [6.45, 7) is 2.07. The first-order valence-electron chi connectivity index (χ1n) is 6.73. The molecule has 102 valence electrons. The molecule has 0 amide bonds. The minimum atomic E-state index is 0.897. The van der Waals surface area contributed by atoms with Gasteiger partial charge in [-0.05, 0) is 48.9 Å². The van der Waals surface area contributed by atoms with E-state index in [-0.39, 0.29) is 0 Å². The molecule has 4 aromatic rings. The van der Waals surface area contributed by atoms with Gasteiger partial charge in [0.1, 0.15) is 5.52 Å². The highest BCUT2D eigenvalue weighted by atomic mass is 79.9. The normalized spacial score (nSPS) is 11.3. The molecule has 2 aromatic heterocycles. The van der Waals surface area contributed by atoms with Gasteiger partial charge in [-0.25, -0.2) is 9.97 Å². The Kier molecular flexibility index (Phi) is 2.79. The first kappa shape index (κ1) is 12.5. The summed E-state index contributed by atoms with van der Waals surface area (Å²) < 4.78 is 3.16. The van der Waals surface area contributed by atoms with E-state index in [0.29, 0.717) is 0 Å². The lowest BCUT2D eigenvalue weighted by Crippen LogP contribution is -1.94. The molecule has 2 heterocycles. The SMILES string of the molecule is Cc1cn(-c2ccc(Br)cc2)c2nc3ccccc3nc12. The zero-order chi connectivity index (χ0) is 14.4. The minimum absolute atomic E-state index is 0.897. The first-order chi connectivity index (χ1) is 10.2. The second-order valence-electron chi connectivity index (χ2n) is 5.04. The molecule has 21 heavy (non-hydrogen) atoms. The van der Waals surface area contributed by atoms with E-state index in [1.54, 1.807) is 0 Å². The van der Waals surface area contributed by atoms with Crippen LogP contribution < -0.4 is 0 Å². The third-order valence-electron chi connectivity index (χ3n) is 3.58. The standard InChI is InChI=1S/C17H12BrN3/c1-11-10-21(13-8-6-12(18)7-9-13)17-16(11)19-14-4-2-3-5-15(14)20-17/h2-10H,1H3. The van der Waals surface area contributed by atoms with Crippen LogP contribution in [0.2, 0.25) is 0 Å². The lowest BCUT2D eigenvalue weighted by Gasteiger charge is -2.05. The average Bonchev–Trinajstić information content (AvgIpc) is 2.83. The number of rotatable bonds is 1. The van der Waals surface area contributed by atoms with Crippen LogP contribution in [-0.2, 0) is 0 Å². The number of nitrogens with zero attached hydrogens (tertiary/aromatic N) is 3. The fraction of sp³-hybridized carbons (Fsp3) is 0.0588. The first-order valence-corrected chi connectivity index (χ1v) is 7.52. The molecule has 0 aliphatic heterocycles. The highest BCUT2D eigenvalue weighted by Crippen LogP contribution is 2.24. The monoisotopic (exact) mass is 337 g/mol. The maximum atomic E-state index is 4.79. The number of aryl methyl sites for hydroxylation is 1. The van der Waals surface area contributed by atoms with Crippen molar-refractivity contribution in [3.8, 4) is 5.69 Å². The molecule has 0 unspecified atom stereocenters. The Bertz CT molecular complexity index is 955. The van der Waals surface area contributed by atoms with Gasteiger partial charge in [-0.2, -0.15) is 0 Å². The van der Waals surface area contributed by atoms with Gasteiger partial charge in [-0.1, -0.05) is 28.1 Å². The maximum Gasteiger partial charge on any atom is 0.164 e. The van der Waals surface area contributed by atoms with E-state index in [1.165, 1.54) is 0 Å². The van der Waals surface area contributed by atoms with Gasteiger partial charge in [0.25, 0.3) is 0 Å². The Labute approximate surface area is 130 Å². The molecule has 0 atom stereocenters. The van der Waals surface area contributed by atoms with E-state index in [9.17, 15) is 0 Å². The van der Waals surface area contributed by atoms with Crippen LogP contribution in [0.3, 0.4) is 0 Å². The number of aromatic nitrogens is 3. The Morgan fingerprint density at radius 2 is 1.57 bits per heavy atom. The Hall–Kier alpha value is -2.20. The van der Waals surface area contributed by atoms with E-state index in [1.807, 2.05) is 36.4 Å². The molecule has 0 fully saturated rings. The number of benzene rings is 2. The van der Waals surface area contributed by atoms with Crippen LogP contribution in [0.5, 0.6) is 0 Å². The molecular weight excluding hydrogens is 326 g/mol. The molecule has 0 saturated carbocycles. The number of hydrogen-bond acceptors (Lipinski definition) is 2. The third kappa shape index (κ3) is 2.03.